The van der Waals surface area contributed by atoms with Gasteiger partial charge in [-0.3, -0.25) is 4.98 Å². The molecule has 4 nitrogen and oxygen atoms in total. The van der Waals surface area contributed by atoms with Gasteiger partial charge >= 0.3 is 7.12 Å². The zero-order valence-electron chi connectivity index (χ0n) is 13.8. The first-order valence-corrected chi connectivity index (χ1v) is 7.38. The van der Waals surface area contributed by atoms with Gasteiger partial charge in [0.25, 0.3) is 0 Å². The molecule has 114 valence electrons. The van der Waals surface area contributed by atoms with Gasteiger partial charge in [-0.2, -0.15) is 0 Å². The smallest absolute Gasteiger partial charge is 0.400 e. The van der Waals surface area contributed by atoms with E-state index in [2.05, 4.69) is 11.1 Å². The summed E-state index contributed by atoms with van der Waals surface area (Å²) in [6.07, 6.45) is 3.83. The molecule has 0 unspecified atom stereocenters. The van der Waals surface area contributed by atoms with Crippen molar-refractivity contribution in [3.8, 4) is 0 Å². The number of pyridine rings is 1. The second kappa shape index (κ2) is 5.56. The highest BCUT2D eigenvalue weighted by Crippen LogP contribution is 2.37. The van der Waals surface area contributed by atoms with Crippen LogP contribution in [-0.4, -0.2) is 23.3 Å². The van der Waals surface area contributed by atoms with E-state index in [9.17, 15) is 0 Å². The first-order valence-electron chi connectivity index (χ1n) is 7.38. The van der Waals surface area contributed by atoms with Gasteiger partial charge in [0.05, 0.1) is 16.9 Å². The second-order valence-corrected chi connectivity index (χ2v) is 6.76. The summed E-state index contributed by atoms with van der Waals surface area (Å²) >= 11 is 0. The van der Waals surface area contributed by atoms with Gasteiger partial charge in [0, 0.05) is 12.2 Å². The molecule has 0 aromatic carbocycles. The summed E-state index contributed by atoms with van der Waals surface area (Å²) in [4.78, 5) is 4.42. The fraction of sp³-hybridized carbons (Fsp3) is 0.562. The van der Waals surface area contributed by atoms with Gasteiger partial charge in [0.15, 0.2) is 0 Å². The summed E-state index contributed by atoms with van der Waals surface area (Å²) < 4.78 is 11.9. The minimum atomic E-state index is -0.351. The van der Waals surface area contributed by atoms with Gasteiger partial charge in [0.1, 0.15) is 0 Å². The van der Waals surface area contributed by atoms with Crippen molar-refractivity contribution in [3.63, 3.8) is 0 Å². The molecular formula is C16H25BN2O2. The van der Waals surface area contributed by atoms with Gasteiger partial charge in [-0.15, -0.1) is 0 Å². The minimum Gasteiger partial charge on any atom is -0.400 e. The predicted octanol–water partition coefficient (Wildman–Crippen LogP) is 3.05. The molecule has 1 fully saturated rings. The molecular weight excluding hydrogens is 263 g/mol. The summed E-state index contributed by atoms with van der Waals surface area (Å²) in [6.45, 7) is 12.1. The van der Waals surface area contributed by atoms with Crippen molar-refractivity contribution in [1.82, 2.24) is 4.98 Å². The molecule has 1 aromatic rings. The molecule has 2 rings (SSSR count). The summed E-state index contributed by atoms with van der Waals surface area (Å²) in [5.41, 5.74) is 8.33. The molecule has 0 aliphatic carbocycles. The first kappa shape index (κ1) is 16.2. The Morgan fingerprint density at radius 3 is 2.33 bits per heavy atom. The Labute approximate surface area is 127 Å². The molecule has 2 heterocycles. The largest absolute Gasteiger partial charge is 0.487 e. The molecule has 0 saturated carbocycles. The van der Waals surface area contributed by atoms with E-state index in [-0.39, 0.29) is 24.4 Å². The maximum absolute atomic E-state index is 5.98. The van der Waals surface area contributed by atoms with Crippen LogP contribution in [0, 0.1) is 6.92 Å². The molecule has 5 heteroatoms. The SMILES string of the molecule is Cc1cnc([C@@H](C)N)c(/C=C/B2OC(C)(C)C(C)(C)O2)c1. The average Bonchev–Trinajstić information content (AvgIpc) is 2.55. The van der Waals surface area contributed by atoms with Gasteiger partial charge in [-0.25, -0.2) is 0 Å². The Hall–Kier alpha value is -1.17. The summed E-state index contributed by atoms with van der Waals surface area (Å²) in [5.74, 6) is 1.93. The van der Waals surface area contributed by atoms with Gasteiger partial charge in [0.2, 0.25) is 0 Å². The second-order valence-electron chi connectivity index (χ2n) is 6.76. The van der Waals surface area contributed by atoms with Crippen LogP contribution in [0.5, 0.6) is 0 Å². The molecule has 1 aliphatic heterocycles. The topological polar surface area (TPSA) is 57.4 Å². The third-order valence-corrected chi connectivity index (χ3v) is 4.22. The van der Waals surface area contributed by atoms with Crippen molar-refractivity contribution in [1.29, 1.82) is 0 Å². The maximum atomic E-state index is 5.98. The summed E-state index contributed by atoms with van der Waals surface area (Å²) in [7, 11) is -0.351. The number of hydrogen-bond acceptors (Lipinski definition) is 4. The number of nitrogens with zero attached hydrogens (tertiary/aromatic N) is 1. The van der Waals surface area contributed by atoms with Crippen molar-refractivity contribution >= 4 is 13.2 Å². The zero-order chi connectivity index (χ0) is 15.8. The van der Waals surface area contributed by atoms with Crippen LogP contribution >= 0.6 is 0 Å². The number of rotatable bonds is 3. The molecule has 0 amide bonds. The highest BCUT2D eigenvalue weighted by Gasteiger charge is 2.50. The highest BCUT2D eigenvalue weighted by molar-refractivity contribution is 6.52. The van der Waals surface area contributed by atoms with Crippen LogP contribution in [0.15, 0.2) is 18.2 Å². The standard InChI is InChI=1S/C16H25BN2O2/c1-11-9-13(14(12(2)18)19-10-11)7-8-17-20-15(3,4)16(5,6)21-17/h7-10,12H,18H2,1-6H3/b8-7+/t12-/m1/s1. The quantitative estimate of drug-likeness (QED) is 0.868. The third-order valence-electron chi connectivity index (χ3n) is 4.22. The fourth-order valence-corrected chi connectivity index (χ4v) is 2.27. The van der Waals surface area contributed by atoms with Crippen LogP contribution in [-0.2, 0) is 9.31 Å². The lowest BCUT2D eigenvalue weighted by Gasteiger charge is -2.32. The van der Waals surface area contributed by atoms with Crippen molar-refractivity contribution in [2.75, 3.05) is 0 Å². The van der Waals surface area contributed by atoms with E-state index >= 15 is 0 Å². The lowest BCUT2D eigenvalue weighted by molar-refractivity contribution is 0.00578. The van der Waals surface area contributed by atoms with E-state index in [0.29, 0.717) is 0 Å². The molecule has 2 N–H and O–H groups in total. The average molecular weight is 288 g/mol. The number of nitrogens with two attached hydrogens (primary N) is 1. The van der Waals surface area contributed by atoms with Gasteiger partial charge < -0.3 is 15.0 Å². The van der Waals surface area contributed by atoms with Gasteiger partial charge in [-0.05, 0) is 58.7 Å². The Bertz CT molecular complexity index is 537. The third kappa shape index (κ3) is 3.36. The molecule has 0 bridgehead atoms. The summed E-state index contributed by atoms with van der Waals surface area (Å²) in [6, 6.07) is 1.97. The van der Waals surface area contributed by atoms with Crippen LogP contribution in [0.25, 0.3) is 6.08 Å². The highest BCUT2D eigenvalue weighted by atomic mass is 16.7. The van der Waals surface area contributed by atoms with Crippen molar-refractivity contribution in [2.24, 2.45) is 5.73 Å². The predicted molar refractivity (Wildman–Crippen MR) is 86.7 cm³/mol. The first-order chi connectivity index (χ1) is 9.62. The number of aromatic nitrogens is 1. The van der Waals surface area contributed by atoms with E-state index < -0.39 is 0 Å². The maximum Gasteiger partial charge on any atom is 0.487 e. The normalized spacial score (nSPS) is 22.0. The summed E-state index contributed by atoms with van der Waals surface area (Å²) in [5, 5.41) is 0. The minimum absolute atomic E-state index is 0.108. The fourth-order valence-electron chi connectivity index (χ4n) is 2.27. The lowest BCUT2D eigenvalue weighted by Crippen LogP contribution is -2.41. The van der Waals surface area contributed by atoms with Crippen LogP contribution in [0.4, 0.5) is 0 Å². The number of aryl methyl sites for hydroxylation is 1. The van der Waals surface area contributed by atoms with Crippen molar-refractivity contribution in [2.45, 2.75) is 58.8 Å². The monoisotopic (exact) mass is 288 g/mol. The van der Waals surface area contributed by atoms with E-state index in [1.54, 1.807) is 0 Å². The lowest BCUT2D eigenvalue weighted by atomic mass is 9.88. The molecule has 0 radical (unpaired) electrons. The Morgan fingerprint density at radius 1 is 1.24 bits per heavy atom. The van der Waals surface area contributed by atoms with Crippen molar-refractivity contribution < 1.29 is 9.31 Å². The Kier molecular flexibility index (Phi) is 4.29. The molecule has 21 heavy (non-hydrogen) atoms. The van der Waals surface area contributed by atoms with Crippen LogP contribution in [0.1, 0.15) is 57.5 Å². The molecule has 1 atom stereocenters. The Balaban J connectivity index is 2.22. The van der Waals surface area contributed by atoms with Crippen molar-refractivity contribution in [3.05, 3.63) is 35.1 Å². The van der Waals surface area contributed by atoms with Crippen LogP contribution in [0.2, 0.25) is 0 Å². The number of hydrogen-bond donors (Lipinski definition) is 1. The van der Waals surface area contributed by atoms with Crippen LogP contribution < -0.4 is 5.73 Å². The molecule has 1 saturated heterocycles. The molecule has 1 aromatic heterocycles. The van der Waals surface area contributed by atoms with Gasteiger partial charge in [-0.1, -0.05) is 12.1 Å². The Morgan fingerprint density at radius 2 is 1.81 bits per heavy atom. The van der Waals surface area contributed by atoms with E-state index in [1.165, 1.54) is 0 Å². The van der Waals surface area contributed by atoms with E-state index in [4.69, 9.17) is 15.0 Å². The van der Waals surface area contributed by atoms with E-state index in [0.717, 1.165) is 16.8 Å². The molecule has 1 aliphatic rings. The van der Waals surface area contributed by atoms with Crippen LogP contribution in [0.3, 0.4) is 0 Å². The van der Waals surface area contributed by atoms with E-state index in [1.807, 2.05) is 59.8 Å². The zero-order valence-corrected chi connectivity index (χ0v) is 13.8. The molecule has 0 spiro atoms.